The van der Waals surface area contributed by atoms with Crippen LogP contribution in [0.25, 0.3) is 0 Å². The molecule has 2 atom stereocenters. The molecule has 0 aliphatic heterocycles. The minimum absolute atomic E-state index is 0. The van der Waals surface area contributed by atoms with Gasteiger partial charge in [0.2, 0.25) is 0 Å². The third-order valence-corrected chi connectivity index (χ3v) is 3.99. The maximum atomic E-state index is 11.0. The summed E-state index contributed by atoms with van der Waals surface area (Å²) in [6.45, 7) is -1.99. The van der Waals surface area contributed by atoms with Crippen LogP contribution in [0.5, 0.6) is 0 Å². The Balaban J connectivity index is 0.00000576. The summed E-state index contributed by atoms with van der Waals surface area (Å²) in [5.41, 5.74) is 0. The molecule has 1 aliphatic carbocycles. The van der Waals surface area contributed by atoms with E-state index in [0.29, 0.717) is 12.8 Å². The molecule has 2 unspecified atom stereocenters. The van der Waals surface area contributed by atoms with Crippen LogP contribution in [0.2, 0.25) is 0 Å². The van der Waals surface area contributed by atoms with Gasteiger partial charge in [-0.15, -0.1) is 0 Å². The first-order valence-electron chi connectivity index (χ1n) is 7.56. The second kappa shape index (κ2) is 11.0. The average Bonchev–Trinajstić information content (AvgIpc) is 2.44. The van der Waals surface area contributed by atoms with Gasteiger partial charge in [0.15, 0.2) is 0 Å². The molecule has 1 rings (SSSR count). The molecule has 0 bridgehead atoms. The van der Waals surface area contributed by atoms with Gasteiger partial charge in [-0.3, -0.25) is 29.0 Å². The zero-order valence-electron chi connectivity index (χ0n) is 13.5. The van der Waals surface area contributed by atoms with Crippen molar-refractivity contribution in [2.24, 2.45) is 0 Å². The van der Waals surface area contributed by atoms with Gasteiger partial charge in [0.05, 0.1) is 26.2 Å². The Morgan fingerprint density at radius 1 is 0.640 bits per heavy atom. The van der Waals surface area contributed by atoms with Crippen molar-refractivity contribution in [2.75, 3.05) is 26.2 Å². The number of aliphatic carboxylic acids is 4. The number of carboxylic acid groups (broad SMARTS) is 4. The van der Waals surface area contributed by atoms with Crippen LogP contribution >= 0.6 is 0 Å². The summed E-state index contributed by atoms with van der Waals surface area (Å²) in [7, 11) is 0. The molecular formula is C14H22FeN2O8+2. The zero-order chi connectivity index (χ0) is 18.3. The Morgan fingerprint density at radius 2 is 0.880 bits per heavy atom. The van der Waals surface area contributed by atoms with Crippen molar-refractivity contribution in [3.63, 3.8) is 0 Å². The molecule has 10 nitrogen and oxygen atoms in total. The molecule has 0 aromatic heterocycles. The normalized spacial score (nSPS) is 20.1. The molecule has 0 saturated heterocycles. The van der Waals surface area contributed by atoms with Gasteiger partial charge in [0.25, 0.3) is 0 Å². The Kier molecular flexibility index (Phi) is 10.3. The molecule has 0 heterocycles. The number of hydrogen-bond donors (Lipinski definition) is 4. The van der Waals surface area contributed by atoms with Crippen molar-refractivity contribution < 1.29 is 56.7 Å². The Hall–Kier alpha value is -1.68. The molecule has 1 saturated carbocycles. The minimum Gasteiger partial charge on any atom is -0.480 e. The molecular weight excluding hydrogens is 380 g/mol. The van der Waals surface area contributed by atoms with E-state index in [1.807, 2.05) is 0 Å². The van der Waals surface area contributed by atoms with Gasteiger partial charge in [-0.05, 0) is 12.8 Å². The predicted molar refractivity (Wildman–Crippen MR) is 79.7 cm³/mol. The number of carbonyl (C=O) groups is 4. The first-order chi connectivity index (χ1) is 11.2. The van der Waals surface area contributed by atoms with E-state index >= 15 is 0 Å². The van der Waals surface area contributed by atoms with Gasteiger partial charge in [0, 0.05) is 12.1 Å². The minimum atomic E-state index is -1.19. The third kappa shape index (κ3) is 8.30. The van der Waals surface area contributed by atoms with Crippen LogP contribution in [0.15, 0.2) is 0 Å². The third-order valence-electron chi connectivity index (χ3n) is 3.99. The maximum absolute atomic E-state index is 11.0. The molecule has 0 spiro atoms. The molecule has 4 N–H and O–H groups in total. The van der Waals surface area contributed by atoms with E-state index in [0.717, 1.165) is 12.8 Å². The molecule has 0 aromatic carbocycles. The van der Waals surface area contributed by atoms with Crippen LogP contribution in [0, 0.1) is 0 Å². The SMILES string of the molecule is O=C(O)CN(CC(=O)O)C1CCCCC1N(CC(=O)O)CC(=O)O.[Fe+2]. The first kappa shape index (κ1) is 23.3. The second-order valence-corrected chi connectivity index (χ2v) is 5.80. The molecule has 0 aromatic rings. The number of nitrogens with zero attached hydrogens (tertiary/aromatic N) is 2. The van der Waals surface area contributed by atoms with Crippen LogP contribution in [-0.4, -0.2) is 92.4 Å². The summed E-state index contributed by atoms with van der Waals surface area (Å²) in [6, 6.07) is -1.05. The molecule has 1 aliphatic rings. The van der Waals surface area contributed by atoms with Crippen molar-refractivity contribution in [1.82, 2.24) is 9.80 Å². The van der Waals surface area contributed by atoms with E-state index in [-0.39, 0.29) is 17.1 Å². The summed E-state index contributed by atoms with van der Waals surface area (Å²) >= 11 is 0. The Bertz CT molecular complexity index is 425. The van der Waals surface area contributed by atoms with Crippen molar-refractivity contribution in [3.05, 3.63) is 0 Å². The monoisotopic (exact) mass is 402 g/mol. The van der Waals surface area contributed by atoms with E-state index in [1.165, 1.54) is 9.80 Å². The quantitative estimate of drug-likeness (QED) is 0.343. The van der Waals surface area contributed by atoms with Crippen LogP contribution in [0.1, 0.15) is 25.7 Å². The summed E-state index contributed by atoms with van der Waals surface area (Å²) in [4.78, 5) is 46.7. The van der Waals surface area contributed by atoms with Crippen LogP contribution in [0.4, 0.5) is 0 Å². The summed E-state index contributed by atoms with van der Waals surface area (Å²) in [5.74, 6) is -4.76. The van der Waals surface area contributed by atoms with Gasteiger partial charge < -0.3 is 20.4 Å². The average molecular weight is 402 g/mol. The van der Waals surface area contributed by atoms with Crippen LogP contribution < -0.4 is 0 Å². The smallest absolute Gasteiger partial charge is 0.480 e. The molecule has 11 heteroatoms. The van der Waals surface area contributed by atoms with Crippen LogP contribution in [-0.2, 0) is 36.2 Å². The van der Waals surface area contributed by atoms with Crippen molar-refractivity contribution in [3.8, 4) is 0 Å². The maximum Gasteiger partial charge on any atom is 2.00 e. The molecule has 142 valence electrons. The summed E-state index contributed by atoms with van der Waals surface area (Å²) in [5, 5.41) is 36.0. The van der Waals surface area contributed by atoms with Gasteiger partial charge in [-0.1, -0.05) is 12.8 Å². The van der Waals surface area contributed by atoms with Crippen molar-refractivity contribution >= 4 is 23.9 Å². The fourth-order valence-corrected chi connectivity index (χ4v) is 3.22. The summed E-state index contributed by atoms with van der Waals surface area (Å²) in [6.07, 6.45) is 2.46. The zero-order valence-corrected chi connectivity index (χ0v) is 14.6. The van der Waals surface area contributed by atoms with E-state index in [4.69, 9.17) is 20.4 Å². The summed E-state index contributed by atoms with van der Waals surface area (Å²) < 4.78 is 0. The molecule has 25 heavy (non-hydrogen) atoms. The first-order valence-corrected chi connectivity index (χ1v) is 7.56. The van der Waals surface area contributed by atoms with E-state index < -0.39 is 62.1 Å². The Labute approximate surface area is 154 Å². The second-order valence-electron chi connectivity index (χ2n) is 5.80. The van der Waals surface area contributed by atoms with Gasteiger partial charge in [0.1, 0.15) is 0 Å². The molecule has 0 radical (unpaired) electrons. The van der Waals surface area contributed by atoms with Crippen molar-refractivity contribution in [1.29, 1.82) is 0 Å². The number of rotatable bonds is 10. The largest absolute Gasteiger partial charge is 2.00 e. The molecule has 0 amide bonds. The van der Waals surface area contributed by atoms with Gasteiger partial charge in [-0.25, -0.2) is 0 Å². The predicted octanol–water partition coefficient (Wildman–Crippen LogP) is -0.762. The van der Waals surface area contributed by atoms with Crippen molar-refractivity contribution in [2.45, 2.75) is 37.8 Å². The topological polar surface area (TPSA) is 156 Å². The Morgan fingerprint density at radius 3 is 1.08 bits per heavy atom. The van der Waals surface area contributed by atoms with E-state index in [2.05, 4.69) is 0 Å². The molecule has 1 fully saturated rings. The van der Waals surface area contributed by atoms with Gasteiger partial charge >= 0.3 is 40.9 Å². The number of carboxylic acids is 4. The van der Waals surface area contributed by atoms with Crippen LogP contribution in [0.3, 0.4) is 0 Å². The fourth-order valence-electron chi connectivity index (χ4n) is 3.22. The fraction of sp³-hybridized carbons (Fsp3) is 0.714. The van der Waals surface area contributed by atoms with E-state index in [9.17, 15) is 19.2 Å². The number of hydrogen-bond acceptors (Lipinski definition) is 6. The standard InChI is InChI=1S/C14H22N2O8.Fe/c17-11(18)5-15(6-12(19)20)9-3-1-2-4-10(9)16(7-13(21)22)8-14(23)24;/h9-10H,1-8H2,(H,17,18)(H,19,20)(H,21,22)(H,23,24);/q;+2. The van der Waals surface area contributed by atoms with Gasteiger partial charge in [-0.2, -0.15) is 0 Å². The van der Waals surface area contributed by atoms with E-state index in [1.54, 1.807) is 0 Å².